The van der Waals surface area contributed by atoms with Gasteiger partial charge in [0.25, 0.3) is 0 Å². The molecule has 0 radical (unpaired) electrons. The number of hydrogen-bond acceptors (Lipinski definition) is 3. The highest BCUT2D eigenvalue weighted by Gasteiger charge is 2.19. The van der Waals surface area contributed by atoms with Crippen LogP contribution in [0.4, 0.5) is 0 Å². The Balaban J connectivity index is 1.97. The maximum Gasteiger partial charge on any atom is 0.234 e. The van der Waals surface area contributed by atoms with Gasteiger partial charge in [-0.2, -0.15) is 0 Å². The molecule has 1 unspecified atom stereocenters. The first-order chi connectivity index (χ1) is 7.72. The molecule has 4 heteroatoms. The van der Waals surface area contributed by atoms with Gasteiger partial charge in [0.1, 0.15) is 0 Å². The average Bonchev–Trinajstić information content (AvgIpc) is 2.21. The minimum absolute atomic E-state index is 0.0532. The summed E-state index contributed by atoms with van der Waals surface area (Å²) in [5, 5.41) is 6.05. The SMILES string of the molecule is COCCNC(=O)CNC(C)CC1CCC1. The molecule has 0 saturated heterocycles. The van der Waals surface area contributed by atoms with Crippen LogP contribution in [0.15, 0.2) is 0 Å². The molecule has 0 bridgehead atoms. The molecule has 0 heterocycles. The van der Waals surface area contributed by atoms with E-state index < -0.39 is 0 Å². The van der Waals surface area contributed by atoms with Crippen LogP contribution in [0.5, 0.6) is 0 Å². The van der Waals surface area contributed by atoms with Crippen LogP contribution in [-0.2, 0) is 9.53 Å². The summed E-state index contributed by atoms with van der Waals surface area (Å²) in [6.45, 7) is 3.73. The van der Waals surface area contributed by atoms with Crippen LogP contribution in [0, 0.1) is 5.92 Å². The van der Waals surface area contributed by atoms with Crippen LogP contribution in [0.2, 0.25) is 0 Å². The second kappa shape index (κ2) is 7.63. The van der Waals surface area contributed by atoms with Crippen LogP contribution < -0.4 is 10.6 Å². The van der Waals surface area contributed by atoms with Crippen LogP contribution in [0.3, 0.4) is 0 Å². The van der Waals surface area contributed by atoms with Gasteiger partial charge in [-0.05, 0) is 19.3 Å². The normalized spacial score (nSPS) is 17.9. The molecule has 0 aromatic carbocycles. The summed E-state index contributed by atoms with van der Waals surface area (Å²) in [7, 11) is 1.63. The minimum atomic E-state index is 0.0532. The molecule has 0 aliphatic heterocycles. The summed E-state index contributed by atoms with van der Waals surface area (Å²) >= 11 is 0. The third-order valence-corrected chi connectivity index (χ3v) is 3.15. The van der Waals surface area contributed by atoms with E-state index in [4.69, 9.17) is 4.74 Å². The van der Waals surface area contributed by atoms with Gasteiger partial charge in [-0.25, -0.2) is 0 Å². The van der Waals surface area contributed by atoms with E-state index in [0.29, 0.717) is 25.7 Å². The number of amides is 1. The van der Waals surface area contributed by atoms with Crippen molar-refractivity contribution < 1.29 is 9.53 Å². The number of hydrogen-bond donors (Lipinski definition) is 2. The summed E-state index contributed by atoms with van der Waals surface area (Å²) in [6.07, 6.45) is 5.32. The zero-order chi connectivity index (χ0) is 11.8. The molecule has 2 N–H and O–H groups in total. The Morgan fingerprint density at radius 1 is 1.50 bits per heavy atom. The van der Waals surface area contributed by atoms with Crippen molar-refractivity contribution in [2.24, 2.45) is 5.92 Å². The molecule has 16 heavy (non-hydrogen) atoms. The Kier molecular flexibility index (Phi) is 6.42. The Labute approximate surface area is 98.1 Å². The van der Waals surface area contributed by atoms with E-state index in [2.05, 4.69) is 17.6 Å². The van der Waals surface area contributed by atoms with Crippen molar-refractivity contribution in [3.63, 3.8) is 0 Å². The van der Waals surface area contributed by atoms with E-state index in [1.54, 1.807) is 7.11 Å². The molecule has 0 aromatic rings. The number of nitrogens with one attached hydrogen (secondary N) is 2. The van der Waals surface area contributed by atoms with Gasteiger partial charge in [0.15, 0.2) is 0 Å². The molecule has 1 amide bonds. The number of rotatable bonds is 8. The monoisotopic (exact) mass is 228 g/mol. The second-order valence-corrected chi connectivity index (χ2v) is 4.66. The molecule has 1 fully saturated rings. The fourth-order valence-corrected chi connectivity index (χ4v) is 1.93. The highest BCUT2D eigenvalue weighted by Crippen LogP contribution is 2.30. The number of methoxy groups -OCH3 is 1. The third-order valence-electron chi connectivity index (χ3n) is 3.15. The fourth-order valence-electron chi connectivity index (χ4n) is 1.93. The smallest absolute Gasteiger partial charge is 0.234 e. The fraction of sp³-hybridized carbons (Fsp3) is 0.917. The second-order valence-electron chi connectivity index (χ2n) is 4.66. The summed E-state index contributed by atoms with van der Waals surface area (Å²) in [6, 6.07) is 0.443. The van der Waals surface area contributed by atoms with Crippen LogP contribution in [0.1, 0.15) is 32.6 Å². The molecule has 0 aromatic heterocycles. The molecule has 4 nitrogen and oxygen atoms in total. The van der Waals surface area contributed by atoms with Crippen molar-refractivity contribution >= 4 is 5.91 Å². The molecule has 1 aliphatic carbocycles. The first kappa shape index (κ1) is 13.5. The Morgan fingerprint density at radius 2 is 2.25 bits per heavy atom. The Hall–Kier alpha value is -0.610. The van der Waals surface area contributed by atoms with Gasteiger partial charge in [-0.1, -0.05) is 19.3 Å². The van der Waals surface area contributed by atoms with Crippen LogP contribution in [0.25, 0.3) is 0 Å². The molecule has 1 rings (SSSR count). The highest BCUT2D eigenvalue weighted by atomic mass is 16.5. The van der Waals surface area contributed by atoms with Crippen molar-refractivity contribution in [3.8, 4) is 0 Å². The van der Waals surface area contributed by atoms with Gasteiger partial charge in [0, 0.05) is 19.7 Å². The van der Waals surface area contributed by atoms with Gasteiger partial charge >= 0.3 is 0 Å². The van der Waals surface area contributed by atoms with Crippen molar-refractivity contribution in [1.29, 1.82) is 0 Å². The van der Waals surface area contributed by atoms with Crippen LogP contribution in [-0.4, -0.2) is 38.8 Å². The summed E-state index contributed by atoms with van der Waals surface area (Å²) in [5.74, 6) is 0.941. The Morgan fingerprint density at radius 3 is 2.81 bits per heavy atom. The van der Waals surface area contributed by atoms with E-state index in [1.807, 2.05) is 0 Å². The third kappa shape index (κ3) is 5.47. The zero-order valence-electron chi connectivity index (χ0n) is 10.4. The quantitative estimate of drug-likeness (QED) is 0.607. The van der Waals surface area contributed by atoms with Crippen LogP contribution >= 0.6 is 0 Å². The largest absolute Gasteiger partial charge is 0.383 e. The zero-order valence-corrected chi connectivity index (χ0v) is 10.4. The van der Waals surface area contributed by atoms with Gasteiger partial charge in [-0.15, -0.1) is 0 Å². The van der Waals surface area contributed by atoms with Gasteiger partial charge < -0.3 is 15.4 Å². The van der Waals surface area contributed by atoms with E-state index in [-0.39, 0.29) is 5.91 Å². The number of ether oxygens (including phenoxy) is 1. The molecule has 1 saturated carbocycles. The summed E-state index contributed by atoms with van der Waals surface area (Å²) in [4.78, 5) is 11.4. The maximum atomic E-state index is 11.4. The van der Waals surface area contributed by atoms with E-state index in [1.165, 1.54) is 25.7 Å². The molecule has 1 atom stereocenters. The lowest BCUT2D eigenvalue weighted by Gasteiger charge is -2.28. The molecule has 94 valence electrons. The van der Waals surface area contributed by atoms with Gasteiger partial charge in [-0.3, -0.25) is 4.79 Å². The molecule has 0 spiro atoms. The van der Waals surface area contributed by atoms with E-state index in [0.717, 1.165) is 5.92 Å². The van der Waals surface area contributed by atoms with E-state index in [9.17, 15) is 4.79 Å². The summed E-state index contributed by atoms with van der Waals surface area (Å²) in [5.41, 5.74) is 0. The topological polar surface area (TPSA) is 50.4 Å². The Bertz CT molecular complexity index is 205. The molecular weight excluding hydrogens is 204 g/mol. The van der Waals surface area contributed by atoms with Crippen molar-refractivity contribution in [2.45, 2.75) is 38.6 Å². The van der Waals surface area contributed by atoms with Crippen molar-refractivity contribution in [1.82, 2.24) is 10.6 Å². The lowest BCUT2D eigenvalue weighted by molar-refractivity contribution is -0.120. The average molecular weight is 228 g/mol. The van der Waals surface area contributed by atoms with E-state index >= 15 is 0 Å². The van der Waals surface area contributed by atoms with Crippen molar-refractivity contribution in [2.75, 3.05) is 26.8 Å². The van der Waals surface area contributed by atoms with Gasteiger partial charge in [0.05, 0.1) is 13.2 Å². The van der Waals surface area contributed by atoms with Gasteiger partial charge in [0.2, 0.25) is 5.91 Å². The lowest BCUT2D eigenvalue weighted by Crippen LogP contribution is -2.40. The minimum Gasteiger partial charge on any atom is -0.383 e. The first-order valence-corrected chi connectivity index (χ1v) is 6.21. The molecule has 1 aliphatic rings. The highest BCUT2D eigenvalue weighted by molar-refractivity contribution is 5.77. The summed E-state index contributed by atoms with van der Waals surface area (Å²) < 4.78 is 4.86. The maximum absolute atomic E-state index is 11.4. The number of carbonyl (C=O) groups is 1. The molecular formula is C12H24N2O2. The predicted molar refractivity (Wildman–Crippen MR) is 64.3 cm³/mol. The van der Waals surface area contributed by atoms with Crippen molar-refractivity contribution in [3.05, 3.63) is 0 Å². The number of carbonyl (C=O) groups excluding carboxylic acids is 1. The first-order valence-electron chi connectivity index (χ1n) is 6.21. The predicted octanol–water partition coefficient (Wildman–Crippen LogP) is 0.917. The standard InChI is InChI=1S/C12H24N2O2/c1-10(8-11-4-3-5-11)14-9-12(15)13-6-7-16-2/h10-11,14H,3-9H2,1-2H3,(H,13,15). The lowest BCUT2D eigenvalue weighted by atomic mass is 9.81.